The molecule has 1 aliphatic rings. The number of benzene rings is 2. The van der Waals surface area contributed by atoms with Crippen LogP contribution in [0, 0.1) is 0 Å². The maximum Gasteiger partial charge on any atom is 0.251 e. The molecule has 1 unspecified atom stereocenters. The zero-order chi connectivity index (χ0) is 22.8. The van der Waals surface area contributed by atoms with Crippen LogP contribution in [0.4, 0.5) is 5.69 Å². The zero-order valence-corrected chi connectivity index (χ0v) is 22.1. The summed E-state index contributed by atoms with van der Waals surface area (Å²) >= 11 is 0. The molecule has 3 N–H and O–H groups in total. The summed E-state index contributed by atoms with van der Waals surface area (Å²) in [5.74, 6) is 1.68. The molecule has 0 aromatic heterocycles. The molecule has 7 nitrogen and oxygen atoms in total. The van der Waals surface area contributed by atoms with Crippen molar-refractivity contribution in [2.75, 3.05) is 45.2 Å². The van der Waals surface area contributed by atoms with Gasteiger partial charge in [0.25, 0.3) is 5.91 Å². The molecule has 33 heavy (non-hydrogen) atoms. The molecule has 1 saturated heterocycles. The largest absolute Gasteiger partial charge is 0.495 e. The Hall–Kier alpha value is -2.49. The Morgan fingerprint density at radius 2 is 2.03 bits per heavy atom. The average Bonchev–Trinajstić information content (AvgIpc) is 2.84. The predicted octanol–water partition coefficient (Wildman–Crippen LogP) is 3.44. The topological polar surface area (TPSA) is 78.0 Å². The van der Waals surface area contributed by atoms with Crippen LogP contribution in [0.5, 0.6) is 5.75 Å². The predicted molar refractivity (Wildman–Crippen MR) is 146 cm³/mol. The van der Waals surface area contributed by atoms with Gasteiger partial charge >= 0.3 is 0 Å². The number of carbonyl (C=O) groups is 1. The first kappa shape index (κ1) is 26.8. The molecule has 0 bridgehead atoms. The van der Waals surface area contributed by atoms with Gasteiger partial charge < -0.3 is 25.6 Å². The van der Waals surface area contributed by atoms with Gasteiger partial charge in [-0.2, -0.15) is 0 Å². The van der Waals surface area contributed by atoms with Crippen molar-refractivity contribution in [3.63, 3.8) is 0 Å². The summed E-state index contributed by atoms with van der Waals surface area (Å²) in [6.07, 6.45) is 2.99. The minimum absolute atomic E-state index is 0. The number of carbonyl (C=O) groups excluding carboxylic acids is 1. The van der Waals surface area contributed by atoms with E-state index < -0.39 is 0 Å². The third kappa shape index (κ3) is 7.80. The highest BCUT2D eigenvalue weighted by molar-refractivity contribution is 14.0. The summed E-state index contributed by atoms with van der Waals surface area (Å²) in [5.41, 5.74) is 2.92. The number of nitrogens with zero attached hydrogens (tertiary/aromatic N) is 2. The lowest BCUT2D eigenvalue weighted by molar-refractivity contribution is 0.0963. The molecule has 0 saturated carbocycles. The van der Waals surface area contributed by atoms with Crippen LogP contribution in [-0.2, 0) is 6.42 Å². The number of nitrogens with one attached hydrogen (secondary N) is 3. The SMILES string of the molecule is CCNC(=NCCc1cccc(C(=O)NC)c1)NC1CCCN(c2ccccc2OC)C1.I. The van der Waals surface area contributed by atoms with E-state index in [1.54, 1.807) is 14.2 Å². The Morgan fingerprint density at radius 1 is 1.21 bits per heavy atom. The van der Waals surface area contributed by atoms with Gasteiger partial charge in [-0.3, -0.25) is 9.79 Å². The van der Waals surface area contributed by atoms with E-state index >= 15 is 0 Å². The smallest absolute Gasteiger partial charge is 0.251 e. The standard InChI is InChI=1S/C25H35N5O2.HI/c1-4-27-25(28-15-14-19-9-7-10-20(17-19)24(31)26-2)29-21-11-8-16-30(18-21)22-12-5-6-13-23(22)32-3;/h5-7,9-10,12-13,17,21H,4,8,11,14-16,18H2,1-3H3,(H,26,31)(H2,27,28,29);1H. The van der Waals surface area contributed by atoms with Crippen LogP contribution in [0.2, 0.25) is 0 Å². The number of piperidine rings is 1. The van der Waals surface area contributed by atoms with Crippen molar-refractivity contribution in [1.29, 1.82) is 0 Å². The van der Waals surface area contributed by atoms with E-state index in [2.05, 4.69) is 39.9 Å². The second-order valence-electron chi connectivity index (χ2n) is 7.89. The molecule has 1 aliphatic heterocycles. The fourth-order valence-electron chi connectivity index (χ4n) is 4.03. The van der Waals surface area contributed by atoms with Crippen molar-refractivity contribution in [3.8, 4) is 5.75 Å². The highest BCUT2D eigenvalue weighted by Crippen LogP contribution is 2.29. The summed E-state index contributed by atoms with van der Waals surface area (Å²) in [6, 6.07) is 16.2. The molecular weight excluding hydrogens is 529 g/mol. The first-order valence-corrected chi connectivity index (χ1v) is 11.4. The molecule has 0 aliphatic carbocycles. The van der Waals surface area contributed by atoms with Gasteiger partial charge in [-0.25, -0.2) is 0 Å². The number of rotatable bonds is 8. The van der Waals surface area contributed by atoms with Gasteiger partial charge in [-0.05, 0) is 56.0 Å². The summed E-state index contributed by atoms with van der Waals surface area (Å²) in [4.78, 5) is 19.0. The number of guanidine groups is 1. The highest BCUT2D eigenvalue weighted by atomic mass is 127. The molecule has 1 fully saturated rings. The van der Waals surface area contributed by atoms with Gasteiger partial charge in [0.2, 0.25) is 0 Å². The number of amides is 1. The first-order chi connectivity index (χ1) is 15.6. The molecule has 2 aromatic rings. The normalized spacial score (nSPS) is 15.9. The van der Waals surface area contributed by atoms with Crippen LogP contribution in [0.3, 0.4) is 0 Å². The fraction of sp³-hybridized carbons (Fsp3) is 0.440. The minimum Gasteiger partial charge on any atom is -0.495 e. The Balaban J connectivity index is 0.00000385. The van der Waals surface area contributed by atoms with Crippen LogP contribution in [0.25, 0.3) is 0 Å². The van der Waals surface area contributed by atoms with E-state index in [4.69, 9.17) is 9.73 Å². The Bertz CT molecular complexity index is 921. The maximum atomic E-state index is 11.9. The molecule has 8 heteroatoms. The molecule has 1 heterocycles. The average molecular weight is 566 g/mol. The molecule has 3 rings (SSSR count). The summed E-state index contributed by atoms with van der Waals surface area (Å²) in [6.45, 7) is 5.45. The lowest BCUT2D eigenvalue weighted by atomic mass is 10.0. The number of hydrogen-bond acceptors (Lipinski definition) is 4. The van der Waals surface area contributed by atoms with E-state index in [0.29, 0.717) is 18.2 Å². The van der Waals surface area contributed by atoms with Gasteiger partial charge in [-0.15, -0.1) is 24.0 Å². The van der Waals surface area contributed by atoms with Crippen molar-refractivity contribution < 1.29 is 9.53 Å². The van der Waals surface area contributed by atoms with E-state index in [-0.39, 0.29) is 29.9 Å². The fourth-order valence-corrected chi connectivity index (χ4v) is 4.03. The number of para-hydroxylation sites is 2. The van der Waals surface area contributed by atoms with Crippen molar-refractivity contribution in [2.45, 2.75) is 32.2 Å². The number of anilines is 1. The Kier molecular flexibility index (Phi) is 11.3. The number of aliphatic imine (C=N–C) groups is 1. The third-order valence-electron chi connectivity index (χ3n) is 5.62. The molecule has 0 radical (unpaired) electrons. The second-order valence-corrected chi connectivity index (χ2v) is 7.89. The minimum atomic E-state index is -0.0674. The lowest BCUT2D eigenvalue weighted by Gasteiger charge is -2.36. The van der Waals surface area contributed by atoms with Gasteiger partial charge in [0.1, 0.15) is 5.75 Å². The lowest BCUT2D eigenvalue weighted by Crippen LogP contribution is -2.51. The quantitative estimate of drug-likeness (QED) is 0.260. The molecule has 1 amide bonds. The maximum absolute atomic E-state index is 11.9. The van der Waals surface area contributed by atoms with Crippen molar-refractivity contribution >= 4 is 41.5 Å². The van der Waals surface area contributed by atoms with Crippen molar-refractivity contribution in [2.24, 2.45) is 4.99 Å². The number of hydrogen-bond donors (Lipinski definition) is 3. The van der Waals surface area contributed by atoms with Crippen molar-refractivity contribution in [3.05, 3.63) is 59.7 Å². The zero-order valence-electron chi connectivity index (χ0n) is 19.8. The first-order valence-electron chi connectivity index (χ1n) is 11.4. The summed E-state index contributed by atoms with van der Waals surface area (Å²) in [5, 5.41) is 9.64. The Morgan fingerprint density at radius 3 is 2.79 bits per heavy atom. The number of methoxy groups -OCH3 is 1. The number of ether oxygens (including phenoxy) is 1. The molecule has 180 valence electrons. The molecule has 1 atom stereocenters. The van der Waals surface area contributed by atoms with Crippen LogP contribution in [0.1, 0.15) is 35.7 Å². The van der Waals surface area contributed by atoms with Crippen LogP contribution < -0.4 is 25.6 Å². The second kappa shape index (κ2) is 13.9. The van der Waals surface area contributed by atoms with Gasteiger partial charge in [0.15, 0.2) is 5.96 Å². The molecule has 0 spiro atoms. The van der Waals surface area contributed by atoms with Crippen LogP contribution in [0.15, 0.2) is 53.5 Å². The highest BCUT2D eigenvalue weighted by Gasteiger charge is 2.22. The molecule has 2 aromatic carbocycles. The van der Waals surface area contributed by atoms with E-state index in [0.717, 1.165) is 61.9 Å². The van der Waals surface area contributed by atoms with E-state index in [1.807, 2.05) is 36.4 Å². The van der Waals surface area contributed by atoms with Crippen LogP contribution in [-0.4, -0.2) is 58.2 Å². The van der Waals surface area contributed by atoms with Gasteiger partial charge in [0, 0.05) is 44.8 Å². The summed E-state index contributed by atoms with van der Waals surface area (Å²) in [7, 11) is 3.37. The van der Waals surface area contributed by atoms with Crippen LogP contribution >= 0.6 is 24.0 Å². The van der Waals surface area contributed by atoms with Gasteiger partial charge in [-0.1, -0.05) is 24.3 Å². The van der Waals surface area contributed by atoms with Gasteiger partial charge in [0.05, 0.1) is 12.8 Å². The van der Waals surface area contributed by atoms with E-state index in [1.165, 1.54) is 0 Å². The monoisotopic (exact) mass is 565 g/mol. The third-order valence-corrected chi connectivity index (χ3v) is 5.62. The van der Waals surface area contributed by atoms with Crippen molar-refractivity contribution in [1.82, 2.24) is 16.0 Å². The number of halogens is 1. The Labute approximate surface area is 214 Å². The molecular formula is C25H36IN5O2. The summed E-state index contributed by atoms with van der Waals surface area (Å²) < 4.78 is 5.56. The van der Waals surface area contributed by atoms with E-state index in [9.17, 15) is 4.79 Å².